The molecule has 0 unspecified atom stereocenters. The Labute approximate surface area is 190 Å². The second kappa shape index (κ2) is 11.7. The van der Waals surface area contributed by atoms with Crippen molar-refractivity contribution in [1.82, 2.24) is 5.43 Å². The molecule has 0 radical (unpaired) electrons. The Morgan fingerprint density at radius 2 is 1.45 bits per heavy atom. The lowest BCUT2D eigenvalue weighted by atomic mass is 10.2. The SMILES string of the molecule is NC(=O)COc1ccc(/C=N/NC(=O)C(=O)Nc2ccc(OCc3ccccc3)cc2)cc1. The minimum absolute atomic E-state index is 0.220. The average Bonchev–Trinajstić information content (AvgIpc) is 2.83. The summed E-state index contributed by atoms with van der Waals surface area (Å²) in [5, 5.41) is 6.24. The molecule has 0 aliphatic heterocycles. The lowest BCUT2D eigenvalue weighted by Gasteiger charge is -2.08. The van der Waals surface area contributed by atoms with Gasteiger partial charge in [-0.05, 0) is 59.7 Å². The second-order valence-corrected chi connectivity index (χ2v) is 6.78. The van der Waals surface area contributed by atoms with Crippen LogP contribution >= 0.6 is 0 Å². The summed E-state index contributed by atoms with van der Waals surface area (Å²) in [5.41, 5.74) is 9.30. The van der Waals surface area contributed by atoms with Gasteiger partial charge < -0.3 is 20.5 Å². The Morgan fingerprint density at radius 1 is 0.818 bits per heavy atom. The van der Waals surface area contributed by atoms with Gasteiger partial charge in [-0.15, -0.1) is 0 Å². The molecule has 0 aromatic heterocycles. The van der Waals surface area contributed by atoms with Crippen molar-refractivity contribution < 1.29 is 23.9 Å². The summed E-state index contributed by atoms with van der Waals surface area (Å²) in [5.74, 6) is -1.26. The van der Waals surface area contributed by atoms with Crippen molar-refractivity contribution in [3.05, 3.63) is 90.0 Å². The van der Waals surface area contributed by atoms with Crippen LogP contribution < -0.4 is 25.9 Å². The number of amides is 3. The summed E-state index contributed by atoms with van der Waals surface area (Å²) in [6, 6.07) is 23.0. The third-order valence-corrected chi connectivity index (χ3v) is 4.21. The predicted molar refractivity (Wildman–Crippen MR) is 123 cm³/mol. The third kappa shape index (κ3) is 7.83. The van der Waals surface area contributed by atoms with E-state index in [0.29, 0.717) is 29.4 Å². The Balaban J connectivity index is 1.43. The van der Waals surface area contributed by atoms with Gasteiger partial charge in [-0.3, -0.25) is 14.4 Å². The van der Waals surface area contributed by atoms with Crippen LogP contribution in [0.2, 0.25) is 0 Å². The summed E-state index contributed by atoms with van der Waals surface area (Å²) < 4.78 is 10.8. The van der Waals surface area contributed by atoms with Crippen LogP contribution in [0.4, 0.5) is 5.69 Å². The van der Waals surface area contributed by atoms with Crippen LogP contribution in [0.3, 0.4) is 0 Å². The summed E-state index contributed by atoms with van der Waals surface area (Å²) in [6.07, 6.45) is 1.36. The number of primary amides is 1. The van der Waals surface area contributed by atoms with E-state index in [1.165, 1.54) is 6.21 Å². The van der Waals surface area contributed by atoms with Crippen LogP contribution in [0, 0.1) is 0 Å². The molecule has 0 spiro atoms. The molecule has 0 aliphatic carbocycles. The van der Waals surface area contributed by atoms with Crippen molar-refractivity contribution in [2.75, 3.05) is 11.9 Å². The largest absolute Gasteiger partial charge is 0.489 e. The molecule has 0 saturated carbocycles. The van der Waals surface area contributed by atoms with E-state index in [-0.39, 0.29) is 6.61 Å². The Bertz CT molecular complexity index is 1110. The number of nitrogens with one attached hydrogen (secondary N) is 2. The smallest absolute Gasteiger partial charge is 0.329 e. The zero-order valence-electron chi connectivity index (χ0n) is 17.6. The van der Waals surface area contributed by atoms with Gasteiger partial charge in [-0.25, -0.2) is 5.43 Å². The second-order valence-electron chi connectivity index (χ2n) is 6.78. The maximum absolute atomic E-state index is 12.0. The van der Waals surface area contributed by atoms with Crippen LogP contribution in [0.1, 0.15) is 11.1 Å². The fourth-order valence-electron chi connectivity index (χ4n) is 2.58. The molecule has 3 rings (SSSR count). The van der Waals surface area contributed by atoms with Gasteiger partial charge in [0.2, 0.25) is 0 Å². The van der Waals surface area contributed by atoms with Gasteiger partial charge in [0.1, 0.15) is 18.1 Å². The molecule has 0 saturated heterocycles. The van der Waals surface area contributed by atoms with E-state index < -0.39 is 17.7 Å². The molecule has 4 N–H and O–H groups in total. The van der Waals surface area contributed by atoms with E-state index in [2.05, 4.69) is 15.8 Å². The van der Waals surface area contributed by atoms with Crippen molar-refractivity contribution in [3.63, 3.8) is 0 Å². The minimum Gasteiger partial charge on any atom is -0.489 e. The fourth-order valence-corrected chi connectivity index (χ4v) is 2.58. The Morgan fingerprint density at radius 3 is 2.12 bits per heavy atom. The number of rotatable bonds is 9. The van der Waals surface area contributed by atoms with Crippen LogP contribution in [-0.4, -0.2) is 30.5 Å². The molecule has 0 heterocycles. The van der Waals surface area contributed by atoms with Crippen molar-refractivity contribution >= 4 is 29.6 Å². The van der Waals surface area contributed by atoms with Gasteiger partial charge in [0.15, 0.2) is 6.61 Å². The fraction of sp³-hybridized carbons (Fsp3) is 0.0833. The van der Waals surface area contributed by atoms with Crippen molar-refractivity contribution in [1.29, 1.82) is 0 Å². The molecule has 9 heteroatoms. The summed E-state index contributed by atoms with van der Waals surface area (Å²) in [7, 11) is 0. The summed E-state index contributed by atoms with van der Waals surface area (Å²) >= 11 is 0. The molecule has 3 aromatic rings. The van der Waals surface area contributed by atoms with Gasteiger partial charge in [0.25, 0.3) is 5.91 Å². The van der Waals surface area contributed by atoms with E-state index in [1.807, 2.05) is 30.3 Å². The molecule has 0 bridgehead atoms. The van der Waals surface area contributed by atoms with E-state index in [4.69, 9.17) is 15.2 Å². The van der Waals surface area contributed by atoms with E-state index in [1.54, 1.807) is 48.5 Å². The lowest BCUT2D eigenvalue weighted by molar-refractivity contribution is -0.136. The van der Waals surface area contributed by atoms with Crippen molar-refractivity contribution in [2.24, 2.45) is 10.8 Å². The lowest BCUT2D eigenvalue weighted by Crippen LogP contribution is -2.32. The van der Waals surface area contributed by atoms with Gasteiger partial charge in [-0.2, -0.15) is 5.10 Å². The highest BCUT2D eigenvalue weighted by Gasteiger charge is 2.12. The van der Waals surface area contributed by atoms with Crippen LogP contribution in [0.5, 0.6) is 11.5 Å². The highest BCUT2D eigenvalue weighted by molar-refractivity contribution is 6.39. The molecular weight excluding hydrogens is 424 g/mol. The Hall–Kier alpha value is -4.66. The molecule has 0 fully saturated rings. The number of benzene rings is 3. The molecule has 0 atom stereocenters. The number of carbonyl (C=O) groups is 3. The number of nitrogens with two attached hydrogens (primary N) is 1. The summed E-state index contributed by atoms with van der Waals surface area (Å²) in [4.78, 5) is 34.7. The average molecular weight is 446 g/mol. The molecular formula is C24H22N4O5. The molecule has 3 aromatic carbocycles. The number of hydrazone groups is 1. The predicted octanol–water partition coefficient (Wildman–Crippen LogP) is 2.22. The highest BCUT2D eigenvalue weighted by atomic mass is 16.5. The molecule has 33 heavy (non-hydrogen) atoms. The number of hydrogen-bond acceptors (Lipinski definition) is 6. The van der Waals surface area contributed by atoms with Crippen LogP contribution in [0.25, 0.3) is 0 Å². The maximum Gasteiger partial charge on any atom is 0.329 e. The van der Waals surface area contributed by atoms with Gasteiger partial charge in [0, 0.05) is 5.69 Å². The van der Waals surface area contributed by atoms with Crippen LogP contribution in [-0.2, 0) is 21.0 Å². The molecule has 0 aliphatic rings. The highest BCUT2D eigenvalue weighted by Crippen LogP contribution is 2.17. The number of ether oxygens (including phenoxy) is 2. The van der Waals surface area contributed by atoms with Gasteiger partial charge >= 0.3 is 11.8 Å². The zero-order chi connectivity index (χ0) is 23.5. The first-order valence-electron chi connectivity index (χ1n) is 9.92. The van der Waals surface area contributed by atoms with E-state index >= 15 is 0 Å². The normalized spacial score (nSPS) is 10.4. The minimum atomic E-state index is -0.919. The number of hydrogen-bond donors (Lipinski definition) is 3. The van der Waals surface area contributed by atoms with Crippen LogP contribution in [0.15, 0.2) is 84.0 Å². The number of carbonyl (C=O) groups excluding carboxylic acids is 3. The number of nitrogens with zero attached hydrogens (tertiary/aromatic N) is 1. The first-order valence-corrected chi connectivity index (χ1v) is 9.92. The number of anilines is 1. The van der Waals surface area contributed by atoms with Gasteiger partial charge in [0.05, 0.1) is 6.21 Å². The Kier molecular flexibility index (Phi) is 8.13. The van der Waals surface area contributed by atoms with Gasteiger partial charge in [-0.1, -0.05) is 30.3 Å². The maximum atomic E-state index is 12.0. The standard InChI is InChI=1S/C24H22N4O5/c25-22(29)16-33-20-10-6-17(7-11-20)14-26-28-24(31)23(30)27-19-8-12-21(13-9-19)32-15-18-4-2-1-3-5-18/h1-14H,15-16H2,(H2,25,29)(H,27,30)(H,28,31)/b26-14+. The first-order chi connectivity index (χ1) is 16.0. The monoisotopic (exact) mass is 446 g/mol. The first kappa shape index (κ1) is 23.0. The van der Waals surface area contributed by atoms with E-state index in [9.17, 15) is 14.4 Å². The summed E-state index contributed by atoms with van der Waals surface area (Å²) in [6.45, 7) is 0.206. The molecule has 168 valence electrons. The topological polar surface area (TPSA) is 132 Å². The van der Waals surface area contributed by atoms with E-state index in [0.717, 1.165) is 5.56 Å². The van der Waals surface area contributed by atoms with Crippen molar-refractivity contribution in [2.45, 2.75) is 6.61 Å². The molecule has 3 amide bonds. The molecule has 9 nitrogen and oxygen atoms in total. The third-order valence-electron chi connectivity index (χ3n) is 4.21. The van der Waals surface area contributed by atoms with Crippen molar-refractivity contribution in [3.8, 4) is 11.5 Å². The quantitative estimate of drug-likeness (QED) is 0.263. The zero-order valence-corrected chi connectivity index (χ0v) is 17.6.